The number of pyridine rings is 1. The third-order valence-electron chi connectivity index (χ3n) is 6.30. The van der Waals surface area contributed by atoms with Gasteiger partial charge in [0.1, 0.15) is 11.6 Å². The highest BCUT2D eigenvalue weighted by molar-refractivity contribution is 5.79. The summed E-state index contributed by atoms with van der Waals surface area (Å²) in [6.45, 7) is 1.56. The Balaban J connectivity index is 1.45. The maximum absolute atomic E-state index is 12.8. The standard InChI is InChI=1S/C25H27N5O/c31-25(18-7-4-8-18)30-14-6-10-20(17-30)24-28-22(19-9-5-13-26-16-19)15-23(29-24)27-21-11-2-1-3-12-21/h1-3,5,9,11-13,15-16,18,20H,4,6-8,10,14,17H2,(H,27,28,29). The number of carbonyl (C=O) groups is 1. The molecule has 1 saturated heterocycles. The third-order valence-corrected chi connectivity index (χ3v) is 6.30. The molecule has 1 aliphatic carbocycles. The van der Waals surface area contributed by atoms with Crippen LogP contribution in [0.5, 0.6) is 0 Å². The van der Waals surface area contributed by atoms with E-state index >= 15 is 0 Å². The first-order valence-electron chi connectivity index (χ1n) is 11.2. The predicted octanol–water partition coefficient (Wildman–Crippen LogP) is 4.79. The van der Waals surface area contributed by atoms with E-state index in [1.54, 1.807) is 6.20 Å². The number of aromatic nitrogens is 3. The van der Waals surface area contributed by atoms with Crippen molar-refractivity contribution < 1.29 is 4.79 Å². The van der Waals surface area contributed by atoms with E-state index < -0.39 is 0 Å². The van der Waals surface area contributed by atoms with Crippen molar-refractivity contribution in [2.45, 2.75) is 38.0 Å². The second kappa shape index (κ2) is 8.84. The number of benzene rings is 1. The SMILES string of the molecule is O=C(C1CCC1)N1CCCC(c2nc(Nc3ccccc3)cc(-c3cccnc3)n2)C1. The van der Waals surface area contributed by atoms with Crippen molar-refractivity contribution in [3.8, 4) is 11.3 Å². The average molecular weight is 414 g/mol. The lowest BCUT2D eigenvalue weighted by atomic mass is 9.83. The van der Waals surface area contributed by atoms with Gasteiger partial charge in [0.15, 0.2) is 0 Å². The molecule has 1 aromatic carbocycles. The molecule has 0 radical (unpaired) electrons. The molecule has 3 aromatic rings. The van der Waals surface area contributed by atoms with E-state index in [1.807, 2.05) is 59.6 Å². The third kappa shape index (κ3) is 4.43. The summed E-state index contributed by atoms with van der Waals surface area (Å²) in [5.74, 6) is 2.26. The topological polar surface area (TPSA) is 71.0 Å². The van der Waals surface area contributed by atoms with Crippen LogP contribution in [-0.4, -0.2) is 38.8 Å². The summed E-state index contributed by atoms with van der Waals surface area (Å²) in [6.07, 6.45) is 8.83. The van der Waals surface area contributed by atoms with Crippen molar-refractivity contribution in [2.24, 2.45) is 5.92 Å². The van der Waals surface area contributed by atoms with E-state index in [4.69, 9.17) is 9.97 Å². The zero-order valence-corrected chi connectivity index (χ0v) is 17.6. The molecule has 31 heavy (non-hydrogen) atoms. The molecule has 2 aromatic heterocycles. The summed E-state index contributed by atoms with van der Waals surface area (Å²) in [5.41, 5.74) is 2.79. The molecular formula is C25H27N5O. The molecule has 1 N–H and O–H groups in total. The smallest absolute Gasteiger partial charge is 0.225 e. The molecule has 0 spiro atoms. The zero-order valence-electron chi connectivity index (χ0n) is 17.6. The first-order chi connectivity index (χ1) is 15.3. The van der Waals surface area contributed by atoms with E-state index in [0.29, 0.717) is 12.5 Å². The quantitative estimate of drug-likeness (QED) is 0.651. The molecule has 6 heteroatoms. The fraction of sp³-hybridized carbons (Fsp3) is 0.360. The minimum Gasteiger partial charge on any atom is -0.342 e. The summed E-state index contributed by atoms with van der Waals surface area (Å²) in [5, 5.41) is 3.41. The van der Waals surface area contributed by atoms with Gasteiger partial charge in [-0.05, 0) is 49.9 Å². The number of likely N-dealkylation sites (tertiary alicyclic amines) is 1. The van der Waals surface area contributed by atoms with Crippen LogP contribution in [0.2, 0.25) is 0 Å². The fourth-order valence-corrected chi connectivity index (χ4v) is 4.35. The number of piperidine rings is 1. The minimum absolute atomic E-state index is 0.144. The van der Waals surface area contributed by atoms with Crippen molar-refractivity contribution in [2.75, 3.05) is 18.4 Å². The molecule has 158 valence electrons. The largest absolute Gasteiger partial charge is 0.342 e. The van der Waals surface area contributed by atoms with Gasteiger partial charge >= 0.3 is 0 Å². The van der Waals surface area contributed by atoms with Crippen LogP contribution in [-0.2, 0) is 4.79 Å². The van der Waals surface area contributed by atoms with Gasteiger partial charge in [-0.25, -0.2) is 9.97 Å². The Morgan fingerprint density at radius 1 is 1.00 bits per heavy atom. The molecule has 5 rings (SSSR count). The zero-order chi connectivity index (χ0) is 21.0. The van der Waals surface area contributed by atoms with Crippen LogP contribution in [0.4, 0.5) is 11.5 Å². The van der Waals surface area contributed by atoms with Gasteiger partial charge in [-0.15, -0.1) is 0 Å². The molecule has 1 saturated carbocycles. The molecule has 1 atom stereocenters. The number of nitrogens with one attached hydrogen (secondary N) is 1. The van der Waals surface area contributed by atoms with Crippen LogP contribution in [0.3, 0.4) is 0 Å². The maximum Gasteiger partial charge on any atom is 0.225 e. The first-order valence-corrected chi connectivity index (χ1v) is 11.2. The van der Waals surface area contributed by atoms with E-state index in [2.05, 4.69) is 10.3 Å². The lowest BCUT2D eigenvalue weighted by molar-refractivity contribution is -0.139. The van der Waals surface area contributed by atoms with Gasteiger partial charge < -0.3 is 10.2 Å². The Morgan fingerprint density at radius 3 is 2.61 bits per heavy atom. The van der Waals surface area contributed by atoms with E-state index in [-0.39, 0.29) is 11.8 Å². The van der Waals surface area contributed by atoms with Crippen LogP contribution in [0.15, 0.2) is 60.9 Å². The number of hydrogen-bond donors (Lipinski definition) is 1. The Hall–Kier alpha value is -3.28. The highest BCUT2D eigenvalue weighted by Crippen LogP contribution is 2.33. The van der Waals surface area contributed by atoms with Gasteiger partial charge in [0, 0.05) is 54.6 Å². The number of hydrogen-bond acceptors (Lipinski definition) is 5. The van der Waals surface area contributed by atoms with Crippen molar-refractivity contribution >= 4 is 17.4 Å². The van der Waals surface area contributed by atoms with Gasteiger partial charge in [-0.1, -0.05) is 24.6 Å². The van der Waals surface area contributed by atoms with Crippen LogP contribution in [0.1, 0.15) is 43.8 Å². The fourth-order valence-electron chi connectivity index (χ4n) is 4.35. The van der Waals surface area contributed by atoms with E-state index in [1.165, 1.54) is 6.42 Å². The normalized spacial score (nSPS) is 19.0. The molecule has 2 aliphatic rings. The lowest BCUT2D eigenvalue weighted by Gasteiger charge is -2.36. The van der Waals surface area contributed by atoms with Crippen LogP contribution in [0, 0.1) is 5.92 Å². The van der Waals surface area contributed by atoms with Crippen molar-refractivity contribution in [1.82, 2.24) is 19.9 Å². The Kier molecular flexibility index (Phi) is 5.61. The maximum atomic E-state index is 12.8. The molecule has 0 bridgehead atoms. The summed E-state index contributed by atoms with van der Waals surface area (Å²) >= 11 is 0. The molecule has 1 amide bonds. The monoisotopic (exact) mass is 413 g/mol. The van der Waals surface area contributed by atoms with Gasteiger partial charge in [0.2, 0.25) is 5.91 Å². The molecule has 6 nitrogen and oxygen atoms in total. The van der Waals surface area contributed by atoms with Gasteiger partial charge in [-0.3, -0.25) is 9.78 Å². The van der Waals surface area contributed by atoms with Crippen molar-refractivity contribution in [3.63, 3.8) is 0 Å². The van der Waals surface area contributed by atoms with Crippen LogP contribution in [0.25, 0.3) is 11.3 Å². The Bertz CT molecular complexity index is 1040. The second-order valence-corrected chi connectivity index (χ2v) is 8.48. The summed E-state index contributed by atoms with van der Waals surface area (Å²) in [4.78, 5) is 28.9. The highest BCUT2D eigenvalue weighted by atomic mass is 16.2. The van der Waals surface area contributed by atoms with E-state index in [9.17, 15) is 4.79 Å². The predicted molar refractivity (Wildman–Crippen MR) is 121 cm³/mol. The Labute approximate surface area is 182 Å². The van der Waals surface area contributed by atoms with Crippen LogP contribution < -0.4 is 5.32 Å². The lowest BCUT2D eigenvalue weighted by Crippen LogP contribution is -2.44. The molecule has 3 heterocycles. The Morgan fingerprint density at radius 2 is 1.87 bits per heavy atom. The van der Waals surface area contributed by atoms with Gasteiger partial charge in [0.25, 0.3) is 0 Å². The number of amides is 1. The number of rotatable bonds is 5. The minimum atomic E-state index is 0.144. The molecule has 1 unspecified atom stereocenters. The first kappa shape index (κ1) is 19.7. The van der Waals surface area contributed by atoms with Crippen molar-refractivity contribution in [3.05, 3.63) is 66.7 Å². The second-order valence-electron chi connectivity index (χ2n) is 8.48. The van der Waals surface area contributed by atoms with E-state index in [0.717, 1.165) is 60.8 Å². The average Bonchev–Trinajstić information content (AvgIpc) is 2.79. The van der Waals surface area contributed by atoms with Crippen LogP contribution >= 0.6 is 0 Å². The number of carbonyl (C=O) groups excluding carboxylic acids is 1. The molecule has 1 aliphatic heterocycles. The summed E-state index contributed by atoms with van der Waals surface area (Å²) in [6, 6.07) is 15.9. The summed E-state index contributed by atoms with van der Waals surface area (Å²) in [7, 11) is 0. The number of para-hydroxylation sites is 1. The summed E-state index contributed by atoms with van der Waals surface area (Å²) < 4.78 is 0. The molecule has 2 fully saturated rings. The number of nitrogens with zero attached hydrogens (tertiary/aromatic N) is 4. The van der Waals surface area contributed by atoms with Gasteiger partial charge in [0.05, 0.1) is 5.69 Å². The highest BCUT2D eigenvalue weighted by Gasteiger charge is 2.33. The molecular weight excluding hydrogens is 386 g/mol. The van der Waals surface area contributed by atoms with Gasteiger partial charge in [-0.2, -0.15) is 0 Å². The van der Waals surface area contributed by atoms with Crippen molar-refractivity contribution in [1.29, 1.82) is 0 Å². The number of anilines is 2.